The molecule has 0 saturated heterocycles. The minimum absolute atomic E-state index is 0.752. The highest BCUT2D eigenvalue weighted by molar-refractivity contribution is 5.12. The van der Waals surface area contributed by atoms with Crippen LogP contribution in [0.15, 0.2) is 30.9 Å². The van der Waals surface area contributed by atoms with Gasteiger partial charge in [0.25, 0.3) is 0 Å². The summed E-state index contributed by atoms with van der Waals surface area (Å²) in [6, 6.07) is 7.06. The van der Waals surface area contributed by atoms with Crippen molar-refractivity contribution in [3.63, 3.8) is 0 Å². The Morgan fingerprint density at radius 2 is 2.22 bits per heavy atom. The molecule has 1 heterocycles. The molecular weight excluding hydrogens is 222 g/mol. The molecular formula is C15H23N3. The van der Waals surface area contributed by atoms with Gasteiger partial charge in [0.05, 0.1) is 11.4 Å². The van der Waals surface area contributed by atoms with Gasteiger partial charge in [-0.1, -0.05) is 19.1 Å². The maximum absolute atomic E-state index is 4.70. The normalized spacial score (nSPS) is 15.0. The van der Waals surface area contributed by atoms with E-state index in [4.69, 9.17) is 4.98 Å². The zero-order valence-electron chi connectivity index (χ0n) is 11.2. The molecule has 98 valence electrons. The first-order chi connectivity index (χ1) is 8.83. The van der Waals surface area contributed by atoms with Gasteiger partial charge in [-0.25, -0.2) is 0 Å². The predicted molar refractivity (Wildman–Crippen MR) is 75.2 cm³/mol. The van der Waals surface area contributed by atoms with Gasteiger partial charge in [-0.3, -0.25) is 9.88 Å². The van der Waals surface area contributed by atoms with Gasteiger partial charge in [0, 0.05) is 25.7 Å². The molecule has 0 bridgehead atoms. The molecule has 18 heavy (non-hydrogen) atoms. The zero-order chi connectivity index (χ0) is 12.8. The molecule has 3 heteroatoms. The van der Waals surface area contributed by atoms with Crippen molar-refractivity contribution in [2.45, 2.75) is 38.9 Å². The molecule has 0 radical (unpaired) electrons. The summed E-state index contributed by atoms with van der Waals surface area (Å²) in [5.41, 5.74) is 2.29. The van der Waals surface area contributed by atoms with E-state index in [9.17, 15) is 0 Å². The van der Waals surface area contributed by atoms with Crippen LogP contribution in [0.3, 0.4) is 0 Å². The minimum atomic E-state index is 0.752. The Labute approximate surface area is 110 Å². The average molecular weight is 245 g/mol. The Bertz CT molecular complexity index is 385. The predicted octanol–water partition coefficient (Wildman–Crippen LogP) is 2.34. The van der Waals surface area contributed by atoms with Gasteiger partial charge in [-0.05, 0) is 31.5 Å². The lowest BCUT2D eigenvalue weighted by Gasteiger charge is -2.19. The summed E-state index contributed by atoms with van der Waals surface area (Å²) >= 11 is 0. The van der Waals surface area contributed by atoms with E-state index >= 15 is 0 Å². The Hall–Kier alpha value is -1.19. The maximum atomic E-state index is 4.70. The second kappa shape index (κ2) is 6.66. The minimum Gasteiger partial charge on any atom is -0.311 e. The molecule has 1 aliphatic rings. The number of aromatic nitrogens is 1. The fourth-order valence-electron chi connectivity index (χ4n) is 2.13. The number of hydrogen-bond donors (Lipinski definition) is 1. The van der Waals surface area contributed by atoms with Crippen LogP contribution >= 0.6 is 0 Å². The smallest absolute Gasteiger partial charge is 0.0548 e. The van der Waals surface area contributed by atoms with Crippen molar-refractivity contribution in [3.8, 4) is 0 Å². The van der Waals surface area contributed by atoms with Crippen LogP contribution in [0.4, 0.5) is 0 Å². The van der Waals surface area contributed by atoms with Crippen molar-refractivity contribution in [2.24, 2.45) is 0 Å². The maximum Gasteiger partial charge on any atom is 0.0548 e. The molecule has 2 rings (SSSR count). The molecule has 0 aliphatic heterocycles. The fourth-order valence-corrected chi connectivity index (χ4v) is 2.13. The van der Waals surface area contributed by atoms with E-state index in [1.807, 2.05) is 6.08 Å². The summed E-state index contributed by atoms with van der Waals surface area (Å²) < 4.78 is 0. The SMILES string of the molecule is C=CCN(Cc1cccc(CNCC)n1)C1CC1. The van der Waals surface area contributed by atoms with Crippen LogP contribution in [0, 0.1) is 0 Å². The number of rotatable bonds is 8. The van der Waals surface area contributed by atoms with Crippen LogP contribution in [0.2, 0.25) is 0 Å². The quantitative estimate of drug-likeness (QED) is 0.713. The molecule has 1 N–H and O–H groups in total. The van der Waals surface area contributed by atoms with Crippen molar-refractivity contribution in [1.29, 1.82) is 0 Å². The summed E-state index contributed by atoms with van der Waals surface area (Å²) in [6.07, 6.45) is 4.64. The van der Waals surface area contributed by atoms with Gasteiger partial charge in [-0.15, -0.1) is 6.58 Å². The first-order valence-electron chi connectivity index (χ1n) is 6.84. The third-order valence-electron chi connectivity index (χ3n) is 3.21. The van der Waals surface area contributed by atoms with Crippen molar-refractivity contribution >= 4 is 0 Å². The number of nitrogens with zero attached hydrogens (tertiary/aromatic N) is 2. The monoisotopic (exact) mass is 245 g/mol. The van der Waals surface area contributed by atoms with E-state index in [1.165, 1.54) is 18.5 Å². The number of nitrogens with one attached hydrogen (secondary N) is 1. The van der Waals surface area contributed by atoms with E-state index in [2.05, 4.69) is 41.9 Å². The summed E-state index contributed by atoms with van der Waals surface area (Å²) in [5.74, 6) is 0. The molecule has 1 aromatic heterocycles. The third kappa shape index (κ3) is 3.93. The first kappa shape index (κ1) is 13.2. The van der Waals surface area contributed by atoms with E-state index in [0.717, 1.165) is 37.9 Å². The summed E-state index contributed by atoms with van der Waals surface area (Å²) in [4.78, 5) is 7.17. The van der Waals surface area contributed by atoms with Gasteiger partial charge < -0.3 is 5.32 Å². The van der Waals surface area contributed by atoms with E-state index in [1.54, 1.807) is 0 Å². The van der Waals surface area contributed by atoms with Gasteiger partial charge in [-0.2, -0.15) is 0 Å². The largest absolute Gasteiger partial charge is 0.311 e. The summed E-state index contributed by atoms with van der Waals surface area (Å²) in [6.45, 7) is 9.69. The average Bonchev–Trinajstić information content (AvgIpc) is 3.21. The first-order valence-corrected chi connectivity index (χ1v) is 6.84. The van der Waals surface area contributed by atoms with Gasteiger partial charge >= 0.3 is 0 Å². The van der Waals surface area contributed by atoms with Crippen LogP contribution in [-0.2, 0) is 13.1 Å². The number of hydrogen-bond acceptors (Lipinski definition) is 3. The molecule has 0 atom stereocenters. The van der Waals surface area contributed by atoms with Crippen LogP contribution in [0.5, 0.6) is 0 Å². The van der Waals surface area contributed by atoms with E-state index in [0.29, 0.717) is 0 Å². The lowest BCUT2D eigenvalue weighted by atomic mass is 10.2. The van der Waals surface area contributed by atoms with Crippen LogP contribution in [0.1, 0.15) is 31.2 Å². The molecule has 1 fully saturated rings. The molecule has 0 unspecified atom stereocenters. The van der Waals surface area contributed by atoms with Crippen molar-refractivity contribution in [2.75, 3.05) is 13.1 Å². The molecule has 1 saturated carbocycles. The second-order valence-corrected chi connectivity index (χ2v) is 4.85. The van der Waals surface area contributed by atoms with E-state index < -0.39 is 0 Å². The highest BCUT2D eigenvalue weighted by atomic mass is 15.2. The highest BCUT2D eigenvalue weighted by Crippen LogP contribution is 2.27. The molecule has 0 amide bonds. The van der Waals surface area contributed by atoms with Crippen molar-refractivity contribution in [3.05, 3.63) is 42.2 Å². The molecule has 1 aliphatic carbocycles. The molecule has 0 spiro atoms. The van der Waals surface area contributed by atoms with Gasteiger partial charge in [0.1, 0.15) is 0 Å². The fraction of sp³-hybridized carbons (Fsp3) is 0.533. The molecule has 3 nitrogen and oxygen atoms in total. The summed E-state index contributed by atoms with van der Waals surface area (Å²) in [5, 5.41) is 3.31. The van der Waals surface area contributed by atoms with Gasteiger partial charge in [0.15, 0.2) is 0 Å². The third-order valence-corrected chi connectivity index (χ3v) is 3.21. The zero-order valence-corrected chi connectivity index (χ0v) is 11.2. The number of pyridine rings is 1. The Balaban J connectivity index is 1.96. The van der Waals surface area contributed by atoms with Gasteiger partial charge in [0.2, 0.25) is 0 Å². The van der Waals surface area contributed by atoms with Crippen LogP contribution < -0.4 is 5.32 Å². The van der Waals surface area contributed by atoms with Crippen molar-refractivity contribution in [1.82, 2.24) is 15.2 Å². The standard InChI is InChI=1S/C15H23N3/c1-3-10-18(15-8-9-15)12-14-7-5-6-13(17-14)11-16-4-2/h3,5-7,15-16H,1,4,8-12H2,2H3. The van der Waals surface area contributed by atoms with Crippen LogP contribution in [-0.4, -0.2) is 29.0 Å². The molecule has 0 aromatic carbocycles. The second-order valence-electron chi connectivity index (χ2n) is 4.85. The van der Waals surface area contributed by atoms with Crippen LogP contribution in [0.25, 0.3) is 0 Å². The Morgan fingerprint density at radius 1 is 1.44 bits per heavy atom. The Kier molecular flexibility index (Phi) is 4.90. The summed E-state index contributed by atoms with van der Waals surface area (Å²) in [7, 11) is 0. The van der Waals surface area contributed by atoms with Crippen molar-refractivity contribution < 1.29 is 0 Å². The highest BCUT2D eigenvalue weighted by Gasteiger charge is 2.28. The van der Waals surface area contributed by atoms with E-state index in [-0.39, 0.29) is 0 Å². The Morgan fingerprint density at radius 3 is 2.89 bits per heavy atom. The topological polar surface area (TPSA) is 28.2 Å². The lowest BCUT2D eigenvalue weighted by molar-refractivity contribution is 0.280. The molecule has 1 aromatic rings. The lowest BCUT2D eigenvalue weighted by Crippen LogP contribution is -2.26.